The molecule has 2 N–H and O–H groups in total. The number of halogens is 3. The zero-order valence-electron chi connectivity index (χ0n) is 10.8. The number of carbonyl (C=O) groups excluding carboxylic acids is 1. The van der Waals surface area contributed by atoms with Crippen molar-refractivity contribution >= 4 is 11.6 Å². The maximum absolute atomic E-state index is 12.8. The number of benzene rings is 2. The highest BCUT2D eigenvalue weighted by Gasteiger charge is 2.34. The summed E-state index contributed by atoms with van der Waals surface area (Å²) in [6.45, 7) is -0.148. The molecule has 0 saturated carbocycles. The average Bonchev–Trinajstić information content (AvgIpc) is 2.47. The van der Waals surface area contributed by atoms with Gasteiger partial charge in [-0.25, -0.2) is 0 Å². The van der Waals surface area contributed by atoms with Crippen molar-refractivity contribution in [1.29, 1.82) is 0 Å². The van der Waals surface area contributed by atoms with Gasteiger partial charge in [0.2, 0.25) is 0 Å². The molecule has 2 aromatic carbocycles. The first-order valence-corrected chi connectivity index (χ1v) is 6.09. The first-order valence-electron chi connectivity index (χ1n) is 6.09. The van der Waals surface area contributed by atoms with Gasteiger partial charge in [-0.1, -0.05) is 24.3 Å². The quantitative estimate of drug-likeness (QED) is 0.911. The Morgan fingerprint density at radius 2 is 1.67 bits per heavy atom. The van der Waals surface area contributed by atoms with Crippen molar-refractivity contribution in [2.75, 3.05) is 5.32 Å². The van der Waals surface area contributed by atoms with Crippen LogP contribution in [-0.4, -0.2) is 11.0 Å². The molecule has 0 aliphatic heterocycles. The van der Waals surface area contributed by atoms with E-state index in [1.807, 2.05) is 0 Å². The summed E-state index contributed by atoms with van der Waals surface area (Å²) in [5, 5.41) is 11.3. The Morgan fingerprint density at radius 1 is 1.05 bits per heavy atom. The number of carbonyl (C=O) groups is 1. The minimum Gasteiger partial charge on any atom is -0.392 e. The normalized spacial score (nSPS) is 11.2. The molecule has 6 heteroatoms. The Morgan fingerprint density at radius 3 is 2.24 bits per heavy atom. The van der Waals surface area contributed by atoms with E-state index < -0.39 is 23.2 Å². The van der Waals surface area contributed by atoms with Crippen molar-refractivity contribution in [2.24, 2.45) is 0 Å². The molecule has 0 aromatic heterocycles. The molecule has 0 radical (unpaired) electrons. The van der Waals surface area contributed by atoms with Gasteiger partial charge < -0.3 is 10.4 Å². The Bertz CT molecular complexity index is 636. The summed E-state index contributed by atoms with van der Waals surface area (Å²) >= 11 is 0. The maximum Gasteiger partial charge on any atom is 0.417 e. The zero-order chi connectivity index (χ0) is 15.5. The van der Waals surface area contributed by atoms with Crippen LogP contribution in [0.15, 0.2) is 48.5 Å². The summed E-state index contributed by atoms with van der Waals surface area (Å²) in [5.41, 5.74) is -0.413. The predicted molar refractivity (Wildman–Crippen MR) is 71.8 cm³/mol. The van der Waals surface area contributed by atoms with Crippen molar-refractivity contribution in [1.82, 2.24) is 0 Å². The molecule has 0 aliphatic rings. The van der Waals surface area contributed by atoms with Crippen molar-refractivity contribution in [3.63, 3.8) is 0 Å². The summed E-state index contributed by atoms with van der Waals surface area (Å²) in [6.07, 6.45) is -4.59. The number of alkyl halides is 3. The molecule has 3 nitrogen and oxygen atoms in total. The Kier molecular flexibility index (Phi) is 4.28. The molecule has 2 rings (SSSR count). The predicted octanol–water partition coefficient (Wildman–Crippen LogP) is 3.45. The highest BCUT2D eigenvalue weighted by atomic mass is 19.4. The summed E-state index contributed by atoms with van der Waals surface area (Å²) in [7, 11) is 0. The fraction of sp³-hybridized carbons (Fsp3) is 0.133. The van der Waals surface area contributed by atoms with E-state index in [2.05, 4.69) is 5.32 Å². The minimum absolute atomic E-state index is 0.148. The van der Waals surface area contributed by atoms with Crippen LogP contribution in [0.3, 0.4) is 0 Å². The van der Waals surface area contributed by atoms with Crippen molar-refractivity contribution in [3.05, 3.63) is 65.2 Å². The van der Waals surface area contributed by atoms with Crippen LogP contribution in [0, 0.1) is 0 Å². The highest BCUT2D eigenvalue weighted by molar-refractivity contribution is 6.05. The molecule has 0 unspecified atom stereocenters. The second kappa shape index (κ2) is 5.97. The molecule has 0 heterocycles. The van der Waals surface area contributed by atoms with E-state index in [1.54, 1.807) is 12.1 Å². The van der Waals surface area contributed by atoms with Crippen molar-refractivity contribution in [2.45, 2.75) is 12.8 Å². The number of rotatable bonds is 3. The van der Waals surface area contributed by atoms with E-state index in [1.165, 1.54) is 24.3 Å². The largest absolute Gasteiger partial charge is 0.417 e. The van der Waals surface area contributed by atoms with Gasteiger partial charge in [0.25, 0.3) is 5.91 Å². The molecule has 0 atom stereocenters. The van der Waals surface area contributed by atoms with Crippen molar-refractivity contribution < 1.29 is 23.1 Å². The smallest absolute Gasteiger partial charge is 0.392 e. The van der Waals surface area contributed by atoms with Crippen LogP contribution in [0.5, 0.6) is 0 Å². The molecule has 21 heavy (non-hydrogen) atoms. The third-order valence-electron chi connectivity index (χ3n) is 2.87. The molecule has 0 spiro atoms. The van der Waals surface area contributed by atoms with Gasteiger partial charge in [0.15, 0.2) is 0 Å². The average molecular weight is 295 g/mol. The number of aliphatic hydroxyl groups is 1. The SMILES string of the molecule is O=C(Nc1ccc(CO)cc1)c1ccccc1C(F)(F)F. The first kappa shape index (κ1) is 15.1. The fourth-order valence-electron chi connectivity index (χ4n) is 1.82. The van der Waals surface area contributed by atoms with Gasteiger partial charge in [0.1, 0.15) is 0 Å². The molecule has 110 valence electrons. The van der Waals surface area contributed by atoms with E-state index in [-0.39, 0.29) is 6.61 Å². The number of anilines is 1. The highest BCUT2D eigenvalue weighted by Crippen LogP contribution is 2.32. The lowest BCUT2D eigenvalue weighted by atomic mass is 10.1. The van der Waals surface area contributed by atoms with Crippen LogP contribution in [0.25, 0.3) is 0 Å². The Labute approximate surface area is 119 Å². The summed E-state index contributed by atoms with van der Waals surface area (Å²) in [6, 6.07) is 10.8. The molecular weight excluding hydrogens is 283 g/mol. The summed E-state index contributed by atoms with van der Waals surface area (Å²) in [5.74, 6) is -0.834. The van der Waals surface area contributed by atoms with Gasteiger partial charge >= 0.3 is 6.18 Å². The first-order chi connectivity index (χ1) is 9.91. The van der Waals surface area contributed by atoms with Gasteiger partial charge in [-0.2, -0.15) is 13.2 Å². The van der Waals surface area contributed by atoms with Gasteiger partial charge in [-0.3, -0.25) is 4.79 Å². The van der Waals surface area contributed by atoms with Gasteiger partial charge in [-0.05, 0) is 29.8 Å². The lowest BCUT2D eigenvalue weighted by Crippen LogP contribution is -2.18. The van der Waals surface area contributed by atoms with E-state index in [0.717, 1.165) is 12.1 Å². The molecule has 0 fully saturated rings. The molecule has 0 aliphatic carbocycles. The van der Waals surface area contributed by atoms with E-state index in [9.17, 15) is 18.0 Å². The Balaban J connectivity index is 2.24. The zero-order valence-corrected chi connectivity index (χ0v) is 10.8. The molecular formula is C15H12F3NO2. The summed E-state index contributed by atoms with van der Waals surface area (Å²) < 4.78 is 38.5. The van der Waals surface area contributed by atoms with E-state index in [4.69, 9.17) is 5.11 Å². The lowest BCUT2D eigenvalue weighted by molar-refractivity contribution is -0.137. The molecule has 0 saturated heterocycles. The molecule has 0 bridgehead atoms. The van der Waals surface area contributed by atoms with Crippen LogP contribution in [0.1, 0.15) is 21.5 Å². The second-order valence-electron chi connectivity index (χ2n) is 4.35. The number of hydrogen-bond donors (Lipinski definition) is 2. The maximum atomic E-state index is 12.8. The van der Waals surface area contributed by atoms with Gasteiger partial charge in [0, 0.05) is 5.69 Å². The lowest BCUT2D eigenvalue weighted by Gasteiger charge is -2.12. The number of amides is 1. The monoisotopic (exact) mass is 295 g/mol. The van der Waals surface area contributed by atoms with Crippen LogP contribution in [-0.2, 0) is 12.8 Å². The number of nitrogens with one attached hydrogen (secondary N) is 1. The van der Waals surface area contributed by atoms with Crippen LogP contribution < -0.4 is 5.32 Å². The topological polar surface area (TPSA) is 49.3 Å². The fourth-order valence-corrected chi connectivity index (χ4v) is 1.82. The minimum atomic E-state index is -4.59. The number of aliphatic hydroxyl groups excluding tert-OH is 1. The third-order valence-corrected chi connectivity index (χ3v) is 2.87. The van der Waals surface area contributed by atoms with Gasteiger partial charge in [-0.15, -0.1) is 0 Å². The third kappa shape index (κ3) is 3.61. The van der Waals surface area contributed by atoms with Crippen molar-refractivity contribution in [3.8, 4) is 0 Å². The van der Waals surface area contributed by atoms with E-state index in [0.29, 0.717) is 11.3 Å². The van der Waals surface area contributed by atoms with Crippen LogP contribution >= 0.6 is 0 Å². The van der Waals surface area contributed by atoms with Crippen LogP contribution in [0.4, 0.5) is 18.9 Å². The Hall–Kier alpha value is -2.34. The van der Waals surface area contributed by atoms with E-state index >= 15 is 0 Å². The van der Waals surface area contributed by atoms with Gasteiger partial charge in [0.05, 0.1) is 17.7 Å². The molecule has 1 amide bonds. The summed E-state index contributed by atoms with van der Waals surface area (Å²) in [4.78, 5) is 12.0. The number of hydrogen-bond acceptors (Lipinski definition) is 2. The molecule has 2 aromatic rings. The second-order valence-corrected chi connectivity index (χ2v) is 4.35. The standard InChI is InChI=1S/C15H12F3NO2/c16-15(17,18)13-4-2-1-3-12(13)14(21)19-11-7-5-10(9-20)6-8-11/h1-8,20H,9H2,(H,19,21). The van der Waals surface area contributed by atoms with Crippen LogP contribution in [0.2, 0.25) is 0 Å².